The molecule has 2 aliphatic heterocycles. The molecule has 2 saturated heterocycles. The molecule has 2 fully saturated rings. The number of hydrazine groups is 1. The number of benzene rings is 2. The normalized spacial score (nSPS) is 20.3. The molecule has 0 radical (unpaired) electrons. The number of piperazine rings is 1. The SMILES string of the molecule is CCC(C)[C@H]1C(=O)N(CCc2ccc(OC)c(OC)c2)C[C@H]2N1C(=O)CN(CC)N2C(=O)NCc1ccccc1. The standard InChI is InChI=1S/C30H41N5O5/c1-6-21(3)28-29(37)32(16-15-22-13-14-24(39-4)25(17-22)40-5)19-26-34(28)27(36)20-33(7-2)35(26)30(38)31-18-23-11-9-8-10-12-23/h8-14,17,21,26,28H,6-7,15-16,18-20H2,1-5H3,(H,31,38)/t21?,26-,28-/m0/s1. The molecule has 10 nitrogen and oxygen atoms in total. The van der Waals surface area contributed by atoms with Crippen LogP contribution in [-0.2, 0) is 22.6 Å². The van der Waals surface area contributed by atoms with Gasteiger partial charge in [0.2, 0.25) is 11.8 Å². The smallest absolute Gasteiger partial charge is 0.334 e. The number of methoxy groups -OCH3 is 2. The van der Waals surface area contributed by atoms with Gasteiger partial charge < -0.3 is 24.6 Å². The topological polar surface area (TPSA) is 94.7 Å². The van der Waals surface area contributed by atoms with Crippen LogP contribution in [0.4, 0.5) is 4.79 Å². The van der Waals surface area contributed by atoms with Crippen molar-refractivity contribution in [3.63, 3.8) is 0 Å². The first-order valence-electron chi connectivity index (χ1n) is 14.0. The number of carbonyl (C=O) groups excluding carboxylic acids is 3. The predicted octanol–water partition coefficient (Wildman–Crippen LogP) is 3.12. The summed E-state index contributed by atoms with van der Waals surface area (Å²) >= 11 is 0. The maximum atomic E-state index is 13.9. The second-order valence-corrected chi connectivity index (χ2v) is 10.3. The molecule has 0 aromatic heterocycles. The number of carbonyl (C=O) groups is 3. The average molecular weight is 552 g/mol. The van der Waals surface area contributed by atoms with Crippen LogP contribution in [0.1, 0.15) is 38.3 Å². The van der Waals surface area contributed by atoms with Gasteiger partial charge in [0.05, 0.1) is 27.3 Å². The second-order valence-electron chi connectivity index (χ2n) is 10.3. The lowest BCUT2D eigenvalue weighted by molar-refractivity contribution is -0.193. The van der Waals surface area contributed by atoms with Gasteiger partial charge in [-0.15, -0.1) is 0 Å². The van der Waals surface area contributed by atoms with Gasteiger partial charge in [-0.2, -0.15) is 0 Å². The zero-order valence-corrected chi connectivity index (χ0v) is 24.1. The van der Waals surface area contributed by atoms with Gasteiger partial charge in [0, 0.05) is 19.6 Å². The van der Waals surface area contributed by atoms with Crippen molar-refractivity contribution < 1.29 is 23.9 Å². The number of fused-ring (bicyclic) bond motifs is 1. The van der Waals surface area contributed by atoms with Crippen molar-refractivity contribution in [1.82, 2.24) is 25.1 Å². The summed E-state index contributed by atoms with van der Waals surface area (Å²) in [5.74, 6) is 1.01. The van der Waals surface area contributed by atoms with Crippen molar-refractivity contribution in [2.45, 2.75) is 52.4 Å². The zero-order chi connectivity index (χ0) is 28.8. The van der Waals surface area contributed by atoms with Crippen molar-refractivity contribution in [2.24, 2.45) is 5.92 Å². The number of amides is 4. The van der Waals surface area contributed by atoms with Crippen molar-refractivity contribution in [3.8, 4) is 11.5 Å². The van der Waals surface area contributed by atoms with Gasteiger partial charge in [-0.1, -0.05) is 63.6 Å². The molecule has 216 valence electrons. The Morgan fingerprint density at radius 2 is 1.75 bits per heavy atom. The molecule has 2 aromatic carbocycles. The van der Waals surface area contributed by atoms with Crippen LogP contribution in [-0.4, -0.2) is 90.3 Å². The number of likely N-dealkylation sites (N-methyl/N-ethyl adjacent to an activating group) is 1. The minimum absolute atomic E-state index is 0.0532. The van der Waals surface area contributed by atoms with Crippen LogP contribution in [0.15, 0.2) is 48.5 Å². The highest BCUT2D eigenvalue weighted by atomic mass is 16.5. The van der Waals surface area contributed by atoms with E-state index in [1.165, 1.54) is 0 Å². The summed E-state index contributed by atoms with van der Waals surface area (Å²) in [6, 6.07) is 14.5. The molecule has 0 spiro atoms. The molecule has 10 heteroatoms. The Balaban J connectivity index is 1.60. The average Bonchev–Trinajstić information content (AvgIpc) is 2.98. The summed E-state index contributed by atoms with van der Waals surface area (Å²) in [5, 5.41) is 6.45. The maximum absolute atomic E-state index is 13.9. The third-order valence-electron chi connectivity index (χ3n) is 7.92. The molecule has 40 heavy (non-hydrogen) atoms. The van der Waals surface area contributed by atoms with Crippen molar-refractivity contribution in [3.05, 3.63) is 59.7 Å². The fourth-order valence-electron chi connectivity index (χ4n) is 5.51. The Hall–Kier alpha value is -3.79. The lowest BCUT2D eigenvalue weighted by atomic mass is 9.92. The molecule has 0 bridgehead atoms. The lowest BCUT2D eigenvalue weighted by Gasteiger charge is -2.56. The van der Waals surface area contributed by atoms with Gasteiger partial charge in [-0.3, -0.25) is 9.59 Å². The minimum Gasteiger partial charge on any atom is -0.493 e. The molecular weight excluding hydrogens is 510 g/mol. The van der Waals surface area contributed by atoms with E-state index in [2.05, 4.69) is 5.32 Å². The number of ether oxygens (including phenoxy) is 2. The molecule has 0 saturated carbocycles. The molecule has 2 aliphatic rings. The van der Waals surface area contributed by atoms with E-state index in [0.29, 0.717) is 37.6 Å². The first-order chi connectivity index (χ1) is 19.3. The van der Waals surface area contributed by atoms with Crippen LogP contribution >= 0.6 is 0 Å². The van der Waals surface area contributed by atoms with Crippen LogP contribution in [0.2, 0.25) is 0 Å². The summed E-state index contributed by atoms with van der Waals surface area (Å²) < 4.78 is 10.8. The van der Waals surface area contributed by atoms with Crippen molar-refractivity contribution in [1.29, 1.82) is 0 Å². The van der Waals surface area contributed by atoms with Crippen LogP contribution in [0.5, 0.6) is 11.5 Å². The van der Waals surface area contributed by atoms with E-state index >= 15 is 0 Å². The Labute approximate surface area is 236 Å². The molecule has 1 N–H and O–H groups in total. The Bertz CT molecular complexity index is 1190. The number of urea groups is 1. The first-order valence-corrected chi connectivity index (χ1v) is 14.0. The Morgan fingerprint density at radius 1 is 1.02 bits per heavy atom. The maximum Gasteiger partial charge on any atom is 0.334 e. The summed E-state index contributed by atoms with van der Waals surface area (Å²) in [7, 11) is 3.19. The van der Waals surface area contributed by atoms with E-state index in [4.69, 9.17) is 9.47 Å². The number of rotatable bonds is 10. The molecule has 2 aromatic rings. The molecule has 2 heterocycles. The summed E-state index contributed by atoms with van der Waals surface area (Å²) in [6.45, 7) is 7.54. The Kier molecular flexibility index (Phi) is 9.52. The third-order valence-corrected chi connectivity index (χ3v) is 7.92. The highest BCUT2D eigenvalue weighted by molar-refractivity contribution is 5.91. The molecule has 3 atom stereocenters. The van der Waals surface area contributed by atoms with Gasteiger partial charge in [0.15, 0.2) is 11.5 Å². The van der Waals surface area contributed by atoms with Crippen LogP contribution in [0.3, 0.4) is 0 Å². The van der Waals surface area contributed by atoms with E-state index in [0.717, 1.165) is 17.5 Å². The third kappa shape index (κ3) is 6.01. The van der Waals surface area contributed by atoms with E-state index in [-0.39, 0.29) is 36.9 Å². The predicted molar refractivity (Wildman–Crippen MR) is 151 cm³/mol. The minimum atomic E-state index is -0.634. The largest absolute Gasteiger partial charge is 0.493 e. The Morgan fingerprint density at radius 3 is 2.40 bits per heavy atom. The van der Waals surface area contributed by atoms with Gasteiger partial charge in [0.25, 0.3) is 0 Å². The van der Waals surface area contributed by atoms with Crippen LogP contribution < -0.4 is 14.8 Å². The first kappa shape index (κ1) is 29.2. The zero-order valence-electron chi connectivity index (χ0n) is 24.1. The summed E-state index contributed by atoms with van der Waals surface area (Å²) in [4.78, 5) is 44.5. The monoisotopic (exact) mass is 551 g/mol. The second kappa shape index (κ2) is 13.0. The number of hydrogen-bond acceptors (Lipinski definition) is 6. The molecular formula is C30H41N5O5. The summed E-state index contributed by atoms with van der Waals surface area (Å²) in [6.07, 6.45) is 0.727. The van der Waals surface area contributed by atoms with E-state index in [9.17, 15) is 14.4 Å². The lowest BCUT2D eigenvalue weighted by Crippen LogP contribution is -2.77. The highest BCUT2D eigenvalue weighted by Crippen LogP contribution is 2.32. The van der Waals surface area contributed by atoms with Crippen LogP contribution in [0, 0.1) is 5.92 Å². The van der Waals surface area contributed by atoms with Gasteiger partial charge >= 0.3 is 6.03 Å². The van der Waals surface area contributed by atoms with Crippen LogP contribution in [0.25, 0.3) is 0 Å². The number of nitrogens with one attached hydrogen (secondary N) is 1. The quantitative estimate of drug-likeness (QED) is 0.488. The van der Waals surface area contributed by atoms with E-state index in [1.807, 2.05) is 69.3 Å². The molecule has 0 aliphatic carbocycles. The highest BCUT2D eigenvalue weighted by Gasteiger charge is 2.52. The molecule has 4 amide bonds. The number of nitrogens with zero attached hydrogens (tertiary/aromatic N) is 4. The van der Waals surface area contributed by atoms with Crippen molar-refractivity contribution in [2.75, 3.05) is 40.4 Å². The number of hydrogen-bond donors (Lipinski definition) is 1. The van der Waals surface area contributed by atoms with Crippen molar-refractivity contribution >= 4 is 17.8 Å². The van der Waals surface area contributed by atoms with Gasteiger partial charge in [-0.25, -0.2) is 14.8 Å². The van der Waals surface area contributed by atoms with Gasteiger partial charge in [0.1, 0.15) is 12.2 Å². The summed E-state index contributed by atoms with van der Waals surface area (Å²) in [5.41, 5.74) is 1.98. The molecule has 4 rings (SSSR count). The fraction of sp³-hybridized carbons (Fsp3) is 0.500. The van der Waals surface area contributed by atoms with E-state index < -0.39 is 12.2 Å². The van der Waals surface area contributed by atoms with E-state index in [1.54, 1.807) is 34.0 Å². The molecule has 1 unspecified atom stereocenters. The van der Waals surface area contributed by atoms with Gasteiger partial charge in [-0.05, 0) is 35.6 Å². The fourth-order valence-corrected chi connectivity index (χ4v) is 5.51.